The van der Waals surface area contributed by atoms with Crippen LogP contribution in [0.2, 0.25) is 0 Å². The Morgan fingerprint density at radius 2 is 1.36 bits per heavy atom. The maximum absolute atomic E-state index is 13.6. The number of ether oxygens (including phenoxy) is 1. The van der Waals surface area contributed by atoms with Gasteiger partial charge in [-0.2, -0.15) is 0 Å². The molecular weight excluding hydrogens is 741 g/mol. The highest BCUT2D eigenvalue weighted by Gasteiger charge is 2.39. The highest BCUT2D eigenvalue weighted by atomic mass is 16.5. The molecule has 2 aliphatic heterocycles. The number of amides is 4. The lowest BCUT2D eigenvalue weighted by Crippen LogP contribution is -2.51. The zero-order chi connectivity index (χ0) is 41.2. The van der Waals surface area contributed by atoms with Crippen LogP contribution >= 0.6 is 0 Å². The van der Waals surface area contributed by atoms with E-state index in [0.29, 0.717) is 24.7 Å². The Hall–Kier alpha value is -6.03. The Bertz CT molecular complexity index is 2300. The van der Waals surface area contributed by atoms with Crippen molar-refractivity contribution < 1.29 is 29.0 Å². The van der Waals surface area contributed by atoms with E-state index in [1.807, 2.05) is 94.4 Å². The second kappa shape index (κ2) is 16.8. The van der Waals surface area contributed by atoms with Crippen molar-refractivity contribution in [1.82, 2.24) is 45.4 Å². The molecule has 0 radical (unpaired) electrons. The van der Waals surface area contributed by atoms with E-state index >= 15 is 0 Å². The molecule has 5 N–H and O–H groups in total. The number of pyridine rings is 1. The number of anilines is 2. The van der Waals surface area contributed by atoms with Crippen molar-refractivity contribution in [2.45, 2.75) is 77.5 Å². The number of aromatic nitrogens is 5. The van der Waals surface area contributed by atoms with Gasteiger partial charge in [0.25, 0.3) is 0 Å². The number of likely N-dealkylation sites (tertiary alicyclic amines) is 2. The molecule has 0 saturated carbocycles. The molecule has 306 valence electrons. The van der Waals surface area contributed by atoms with Gasteiger partial charge in [-0.1, -0.05) is 33.8 Å². The van der Waals surface area contributed by atoms with Crippen molar-refractivity contribution in [3.8, 4) is 11.1 Å². The maximum atomic E-state index is 13.6. The van der Waals surface area contributed by atoms with Crippen molar-refractivity contribution in [2.75, 3.05) is 38.8 Å². The average molecular weight is 793 g/mol. The van der Waals surface area contributed by atoms with E-state index < -0.39 is 30.7 Å². The van der Waals surface area contributed by atoms with E-state index in [2.05, 4.69) is 20.6 Å². The minimum absolute atomic E-state index is 0.117. The predicted octanol–water partition coefficient (Wildman–Crippen LogP) is 5.11. The fourth-order valence-electron chi connectivity index (χ4n) is 8.06. The largest absolute Gasteiger partial charge is 0.453 e. The summed E-state index contributed by atoms with van der Waals surface area (Å²) >= 11 is 0. The minimum Gasteiger partial charge on any atom is -0.453 e. The molecule has 16 heteroatoms. The minimum atomic E-state index is -0.737. The summed E-state index contributed by atoms with van der Waals surface area (Å²) < 4.78 is 4.77. The first-order valence-corrected chi connectivity index (χ1v) is 19.9. The number of alkyl carbamates (subject to hydrolysis) is 1. The molecule has 2 aliphatic rings. The zero-order valence-electron chi connectivity index (χ0n) is 33.8. The lowest BCUT2D eigenvalue weighted by Gasteiger charge is -2.30. The van der Waals surface area contributed by atoms with Crippen LogP contribution in [0.25, 0.3) is 33.2 Å². The number of hydrogen-bond donors (Lipinski definition) is 5. The summed E-state index contributed by atoms with van der Waals surface area (Å²) in [5, 5.41) is 14.6. The molecule has 4 atom stereocenters. The van der Waals surface area contributed by atoms with E-state index in [0.717, 1.165) is 70.4 Å². The number of fused-ring (bicyclic) bond motifs is 2. The van der Waals surface area contributed by atoms with Crippen molar-refractivity contribution in [2.24, 2.45) is 11.8 Å². The number of H-pyrrole nitrogens is 2. The molecule has 7 rings (SSSR count). The SMILES string of the molecule is COC(=O)NC(C(=O)N1CCCC1c1nc2ccc(-c3ccc(N(C)c4ccc5nc(C6CCCN6C(=O)C(NC(=O)CO)C(C)C)[nH]c5c4)nc3)cc2[nH]1)C(C)C. The second-order valence-electron chi connectivity index (χ2n) is 15.8. The van der Waals surface area contributed by atoms with Gasteiger partial charge in [-0.25, -0.2) is 19.7 Å². The van der Waals surface area contributed by atoms with Gasteiger partial charge in [-0.3, -0.25) is 14.4 Å². The highest BCUT2D eigenvalue weighted by molar-refractivity contribution is 5.89. The topological polar surface area (TPSA) is 202 Å². The second-order valence-corrected chi connectivity index (χ2v) is 15.8. The normalized spacial score (nSPS) is 17.9. The molecule has 0 aliphatic carbocycles. The zero-order valence-corrected chi connectivity index (χ0v) is 33.8. The number of benzene rings is 2. The summed E-state index contributed by atoms with van der Waals surface area (Å²) in [6, 6.07) is 14.0. The van der Waals surface area contributed by atoms with E-state index in [4.69, 9.17) is 19.7 Å². The van der Waals surface area contributed by atoms with Crippen LogP contribution in [0.5, 0.6) is 0 Å². The number of aromatic amines is 2. The summed E-state index contributed by atoms with van der Waals surface area (Å²) in [4.78, 5) is 78.2. The number of aliphatic hydroxyl groups is 1. The molecule has 4 amide bonds. The van der Waals surface area contributed by atoms with Crippen LogP contribution in [-0.2, 0) is 19.1 Å². The van der Waals surface area contributed by atoms with Gasteiger partial charge in [0.1, 0.15) is 36.2 Å². The summed E-state index contributed by atoms with van der Waals surface area (Å²) in [5.41, 5.74) is 6.06. The Morgan fingerprint density at radius 1 is 0.810 bits per heavy atom. The molecule has 0 bridgehead atoms. The van der Waals surface area contributed by atoms with Gasteiger partial charge in [0.2, 0.25) is 17.7 Å². The van der Waals surface area contributed by atoms with Crippen molar-refractivity contribution in [1.29, 1.82) is 0 Å². The fraction of sp³-hybridized carbons (Fsp3) is 0.452. The van der Waals surface area contributed by atoms with Crippen LogP contribution in [-0.4, -0.2) is 110 Å². The van der Waals surface area contributed by atoms with Gasteiger partial charge in [0.15, 0.2) is 0 Å². The maximum Gasteiger partial charge on any atom is 0.407 e. The van der Waals surface area contributed by atoms with Crippen molar-refractivity contribution >= 4 is 57.4 Å². The summed E-state index contributed by atoms with van der Waals surface area (Å²) in [6.45, 7) is 8.01. The van der Waals surface area contributed by atoms with Crippen LogP contribution in [0.3, 0.4) is 0 Å². The number of carbonyl (C=O) groups excluding carboxylic acids is 4. The third-order valence-corrected chi connectivity index (χ3v) is 11.3. The molecule has 5 aromatic rings. The quantitative estimate of drug-likeness (QED) is 0.113. The lowest BCUT2D eigenvalue weighted by molar-refractivity contribution is -0.139. The molecule has 0 spiro atoms. The molecule has 2 fully saturated rings. The van der Waals surface area contributed by atoms with Crippen molar-refractivity contribution in [3.63, 3.8) is 0 Å². The molecule has 58 heavy (non-hydrogen) atoms. The van der Waals surface area contributed by atoms with Crippen LogP contribution in [0, 0.1) is 11.8 Å². The van der Waals surface area contributed by atoms with Crippen LogP contribution in [0.15, 0.2) is 54.7 Å². The molecule has 2 aromatic carbocycles. The van der Waals surface area contributed by atoms with Gasteiger partial charge in [0, 0.05) is 37.6 Å². The molecule has 4 unspecified atom stereocenters. The van der Waals surface area contributed by atoms with Gasteiger partial charge in [-0.05, 0) is 85.5 Å². The van der Waals surface area contributed by atoms with Gasteiger partial charge < -0.3 is 45.1 Å². The predicted molar refractivity (Wildman–Crippen MR) is 219 cm³/mol. The molecule has 2 saturated heterocycles. The third kappa shape index (κ3) is 8.05. The standard InChI is InChI=1S/C42H52N10O6/c1-23(2)36(48-35(54)22-53)40(55)51-17-7-10-33(51)39-45-29-15-13-27(20-31(29)47-39)50(5)34-16-12-26(21-43-34)25-11-14-28-30(19-25)46-38(44-28)32-9-8-18-52(32)41(56)37(24(3)4)49-42(57)58-6/h11-16,19-21,23-24,32-33,36-37,53H,7-10,17-18,22H2,1-6H3,(H,44,46)(H,45,47)(H,48,54)(H,49,57). The first kappa shape index (κ1) is 40.2. The van der Waals surface area contributed by atoms with E-state index in [9.17, 15) is 24.3 Å². The number of aliphatic hydroxyl groups excluding tert-OH is 1. The number of carbonyl (C=O) groups is 4. The number of nitrogens with zero attached hydrogens (tertiary/aromatic N) is 6. The van der Waals surface area contributed by atoms with E-state index in [1.54, 1.807) is 9.80 Å². The lowest BCUT2D eigenvalue weighted by atomic mass is 10.0. The Morgan fingerprint density at radius 3 is 1.90 bits per heavy atom. The smallest absolute Gasteiger partial charge is 0.407 e. The van der Waals surface area contributed by atoms with E-state index in [-0.39, 0.29) is 35.7 Å². The first-order chi connectivity index (χ1) is 27.9. The molecule has 3 aromatic heterocycles. The number of hydrogen-bond acceptors (Lipinski definition) is 10. The van der Waals surface area contributed by atoms with Gasteiger partial charge in [0.05, 0.1) is 41.3 Å². The summed E-state index contributed by atoms with van der Waals surface area (Å²) in [5.74, 6) is 0.989. The summed E-state index contributed by atoms with van der Waals surface area (Å²) in [6.07, 6.45) is 4.38. The third-order valence-electron chi connectivity index (χ3n) is 11.3. The van der Waals surface area contributed by atoms with Crippen molar-refractivity contribution in [3.05, 3.63) is 66.4 Å². The number of nitrogens with one attached hydrogen (secondary N) is 4. The van der Waals surface area contributed by atoms with E-state index in [1.165, 1.54) is 7.11 Å². The van der Waals surface area contributed by atoms with Crippen LogP contribution in [0.1, 0.15) is 77.1 Å². The number of imidazole rings is 2. The van der Waals surface area contributed by atoms with Crippen LogP contribution in [0.4, 0.5) is 16.3 Å². The fourth-order valence-corrected chi connectivity index (χ4v) is 8.06. The number of methoxy groups -OCH3 is 1. The first-order valence-electron chi connectivity index (χ1n) is 19.9. The Labute approximate surface area is 336 Å². The highest BCUT2D eigenvalue weighted by Crippen LogP contribution is 2.36. The monoisotopic (exact) mass is 792 g/mol. The van der Waals surface area contributed by atoms with Gasteiger partial charge >= 0.3 is 6.09 Å². The molecule has 5 heterocycles. The average Bonchev–Trinajstić information content (AvgIpc) is 4.06. The Balaban J connectivity index is 1.05. The van der Waals surface area contributed by atoms with Gasteiger partial charge in [-0.15, -0.1) is 0 Å². The summed E-state index contributed by atoms with van der Waals surface area (Å²) in [7, 11) is 3.24. The number of rotatable bonds is 12. The Kier molecular flexibility index (Phi) is 11.7. The molecular formula is C42H52N10O6. The van der Waals surface area contributed by atoms with Crippen LogP contribution < -0.4 is 15.5 Å². The molecule has 16 nitrogen and oxygen atoms in total.